The van der Waals surface area contributed by atoms with Gasteiger partial charge in [-0.05, 0) is 44.2 Å². The van der Waals surface area contributed by atoms with Gasteiger partial charge >= 0.3 is 0 Å². The third kappa shape index (κ3) is 4.92. The molecule has 108 valence electrons. The number of nitrogens with zero attached hydrogens (tertiary/aromatic N) is 5. The van der Waals surface area contributed by atoms with Crippen molar-refractivity contribution < 1.29 is 0 Å². The number of nitrogens with one attached hydrogen (secondary N) is 1. The average Bonchev–Trinajstić information content (AvgIpc) is 2.49. The summed E-state index contributed by atoms with van der Waals surface area (Å²) in [5.74, 6) is 0.830. The summed E-state index contributed by atoms with van der Waals surface area (Å²) < 4.78 is 0. The standard InChI is InChI=1S/C14H15ClN6/c1-10(2)18-19-13(11-4-6-12(15)7-5-11)20-21-14-16-8-3-9-17-14/h3-10H,1-2H3,(H,16,17,21)/b19-18+,20-13-. The summed E-state index contributed by atoms with van der Waals surface area (Å²) in [6, 6.07) is 9.01. The maximum Gasteiger partial charge on any atom is 0.243 e. The molecule has 1 aromatic heterocycles. The monoisotopic (exact) mass is 302 g/mol. The highest BCUT2D eigenvalue weighted by Gasteiger charge is 2.04. The highest BCUT2D eigenvalue weighted by Crippen LogP contribution is 2.12. The first kappa shape index (κ1) is 15.1. The Morgan fingerprint density at radius 3 is 2.43 bits per heavy atom. The molecule has 1 aromatic carbocycles. The van der Waals surface area contributed by atoms with Crippen LogP contribution in [-0.4, -0.2) is 21.8 Å². The van der Waals surface area contributed by atoms with Crippen LogP contribution in [0.2, 0.25) is 5.02 Å². The lowest BCUT2D eigenvalue weighted by atomic mass is 10.2. The molecule has 0 saturated carbocycles. The van der Waals surface area contributed by atoms with E-state index in [-0.39, 0.29) is 6.04 Å². The molecule has 21 heavy (non-hydrogen) atoms. The van der Waals surface area contributed by atoms with Crippen molar-refractivity contribution in [2.24, 2.45) is 15.3 Å². The topological polar surface area (TPSA) is 74.9 Å². The van der Waals surface area contributed by atoms with Gasteiger partial charge in [-0.25, -0.2) is 15.4 Å². The van der Waals surface area contributed by atoms with E-state index >= 15 is 0 Å². The Balaban J connectivity index is 2.25. The number of hydrogen-bond donors (Lipinski definition) is 1. The molecule has 6 nitrogen and oxygen atoms in total. The zero-order valence-corrected chi connectivity index (χ0v) is 12.5. The minimum absolute atomic E-state index is 0.0791. The van der Waals surface area contributed by atoms with Gasteiger partial charge in [0.05, 0.1) is 6.04 Å². The fourth-order valence-electron chi connectivity index (χ4n) is 1.37. The second kappa shape index (κ2) is 7.44. The van der Waals surface area contributed by atoms with E-state index in [1.807, 2.05) is 26.0 Å². The molecule has 0 unspecified atom stereocenters. The molecule has 0 amide bonds. The molecule has 0 fully saturated rings. The van der Waals surface area contributed by atoms with Gasteiger partial charge in [0.15, 0.2) is 0 Å². The summed E-state index contributed by atoms with van der Waals surface area (Å²) in [7, 11) is 0. The quantitative estimate of drug-likeness (QED) is 0.404. The Bertz CT molecular complexity index is 622. The van der Waals surface area contributed by atoms with Crippen LogP contribution < -0.4 is 5.43 Å². The van der Waals surface area contributed by atoms with Gasteiger partial charge in [0, 0.05) is 23.0 Å². The fraction of sp³-hybridized carbons (Fsp3) is 0.214. The maximum absolute atomic E-state index is 5.89. The van der Waals surface area contributed by atoms with Crippen molar-refractivity contribution in [3.63, 3.8) is 0 Å². The van der Waals surface area contributed by atoms with Crippen molar-refractivity contribution in [2.45, 2.75) is 19.9 Å². The highest BCUT2D eigenvalue weighted by molar-refractivity contribution is 6.30. The van der Waals surface area contributed by atoms with E-state index in [0.717, 1.165) is 5.56 Å². The first-order valence-corrected chi connectivity index (χ1v) is 6.80. The summed E-state index contributed by atoms with van der Waals surface area (Å²) in [6.45, 7) is 3.88. The molecule has 0 saturated heterocycles. The molecule has 7 heteroatoms. The van der Waals surface area contributed by atoms with E-state index in [9.17, 15) is 0 Å². The molecule has 0 spiro atoms. The van der Waals surface area contributed by atoms with Crippen molar-refractivity contribution in [3.8, 4) is 0 Å². The van der Waals surface area contributed by atoms with Crippen molar-refractivity contribution in [1.29, 1.82) is 0 Å². The summed E-state index contributed by atoms with van der Waals surface area (Å²) in [5, 5.41) is 13.1. The maximum atomic E-state index is 5.89. The molecule has 2 rings (SSSR count). The van der Waals surface area contributed by atoms with Crippen molar-refractivity contribution in [3.05, 3.63) is 53.3 Å². The summed E-state index contributed by atoms with van der Waals surface area (Å²) in [4.78, 5) is 8.06. The normalized spacial score (nSPS) is 12.1. The van der Waals surface area contributed by atoms with E-state index in [2.05, 4.69) is 30.7 Å². The highest BCUT2D eigenvalue weighted by atomic mass is 35.5. The molecule has 0 bridgehead atoms. The number of anilines is 1. The largest absolute Gasteiger partial charge is 0.243 e. The Labute approximate surface area is 128 Å². The molecule has 1 N–H and O–H groups in total. The number of azo groups is 1. The van der Waals surface area contributed by atoms with Gasteiger partial charge in [-0.15, -0.1) is 5.11 Å². The third-order valence-corrected chi connectivity index (χ3v) is 2.57. The van der Waals surface area contributed by atoms with Gasteiger partial charge in [0.25, 0.3) is 0 Å². The van der Waals surface area contributed by atoms with Crippen LogP contribution in [0, 0.1) is 0 Å². The number of rotatable bonds is 4. The fourth-order valence-corrected chi connectivity index (χ4v) is 1.50. The first-order valence-electron chi connectivity index (χ1n) is 6.42. The van der Waals surface area contributed by atoms with Gasteiger partial charge in [-0.3, -0.25) is 0 Å². The van der Waals surface area contributed by atoms with E-state index in [1.165, 1.54) is 0 Å². The van der Waals surface area contributed by atoms with Crippen LogP contribution in [0.4, 0.5) is 5.95 Å². The van der Waals surface area contributed by atoms with E-state index in [4.69, 9.17) is 11.6 Å². The zero-order chi connectivity index (χ0) is 15.1. The number of hydrogen-bond acceptors (Lipinski definition) is 5. The predicted molar refractivity (Wildman–Crippen MR) is 83.6 cm³/mol. The molecule has 0 aliphatic carbocycles. The predicted octanol–water partition coefficient (Wildman–Crippen LogP) is 3.76. The van der Waals surface area contributed by atoms with Gasteiger partial charge < -0.3 is 0 Å². The van der Waals surface area contributed by atoms with E-state index < -0.39 is 0 Å². The molecule has 0 atom stereocenters. The van der Waals surface area contributed by atoms with Gasteiger partial charge in [-0.1, -0.05) is 11.6 Å². The Morgan fingerprint density at radius 2 is 1.81 bits per heavy atom. The smallest absolute Gasteiger partial charge is 0.243 e. The van der Waals surface area contributed by atoms with Gasteiger partial charge in [-0.2, -0.15) is 10.2 Å². The third-order valence-electron chi connectivity index (χ3n) is 2.31. The average molecular weight is 303 g/mol. The second-order valence-corrected chi connectivity index (χ2v) is 4.87. The number of hydrazone groups is 1. The second-order valence-electron chi connectivity index (χ2n) is 4.44. The van der Waals surface area contributed by atoms with Crippen molar-refractivity contribution in [1.82, 2.24) is 9.97 Å². The molecular weight excluding hydrogens is 288 g/mol. The molecule has 1 heterocycles. The summed E-state index contributed by atoms with van der Waals surface area (Å²) in [5.41, 5.74) is 3.56. The van der Waals surface area contributed by atoms with Crippen LogP contribution in [-0.2, 0) is 0 Å². The molecular formula is C14H15ClN6. The van der Waals surface area contributed by atoms with Crippen LogP contribution in [0.25, 0.3) is 0 Å². The first-order chi connectivity index (χ1) is 10.1. The number of amidine groups is 1. The molecule has 2 aromatic rings. The SMILES string of the molecule is CC(C)/N=N/C(=N\Nc1ncccn1)c1ccc(Cl)cc1. The number of halogens is 1. The molecule has 0 aliphatic heterocycles. The molecule has 0 radical (unpaired) electrons. The van der Waals surface area contributed by atoms with E-state index in [1.54, 1.807) is 30.6 Å². The number of benzene rings is 1. The lowest BCUT2D eigenvalue weighted by molar-refractivity contribution is 0.784. The van der Waals surface area contributed by atoms with Crippen molar-refractivity contribution >= 4 is 23.4 Å². The minimum Gasteiger partial charge on any atom is -0.243 e. The lowest BCUT2D eigenvalue weighted by Gasteiger charge is -2.03. The van der Waals surface area contributed by atoms with Crippen LogP contribution in [0.15, 0.2) is 58.1 Å². The Morgan fingerprint density at radius 1 is 1.14 bits per heavy atom. The lowest BCUT2D eigenvalue weighted by Crippen LogP contribution is -2.04. The minimum atomic E-state index is 0.0791. The Kier molecular flexibility index (Phi) is 5.34. The van der Waals surface area contributed by atoms with Crippen molar-refractivity contribution in [2.75, 3.05) is 5.43 Å². The summed E-state index contributed by atoms with van der Waals surface area (Å²) >= 11 is 5.89. The zero-order valence-electron chi connectivity index (χ0n) is 11.7. The van der Waals surface area contributed by atoms with Crippen LogP contribution in [0.1, 0.15) is 19.4 Å². The molecule has 0 aliphatic rings. The summed E-state index contributed by atoms with van der Waals surface area (Å²) in [6.07, 6.45) is 3.25. The van der Waals surface area contributed by atoms with Crippen LogP contribution in [0.3, 0.4) is 0 Å². The Hall–Kier alpha value is -2.34. The van der Waals surface area contributed by atoms with Crippen LogP contribution >= 0.6 is 11.6 Å². The van der Waals surface area contributed by atoms with Crippen LogP contribution in [0.5, 0.6) is 0 Å². The van der Waals surface area contributed by atoms with Gasteiger partial charge in [0.1, 0.15) is 0 Å². The van der Waals surface area contributed by atoms with Gasteiger partial charge in [0.2, 0.25) is 11.8 Å². The number of aromatic nitrogens is 2. The van der Waals surface area contributed by atoms with E-state index in [0.29, 0.717) is 16.8 Å².